The van der Waals surface area contributed by atoms with Crippen LogP contribution < -0.4 is 0 Å². The Morgan fingerprint density at radius 3 is 2.72 bits per heavy atom. The van der Waals surface area contributed by atoms with E-state index in [4.69, 9.17) is 0 Å². The Labute approximate surface area is 112 Å². The molecule has 1 aliphatic carbocycles. The van der Waals surface area contributed by atoms with E-state index in [0.717, 1.165) is 6.42 Å². The van der Waals surface area contributed by atoms with Crippen LogP contribution in [0.1, 0.15) is 11.1 Å². The van der Waals surface area contributed by atoms with E-state index in [-0.39, 0.29) is 0 Å². The van der Waals surface area contributed by atoms with Gasteiger partial charge in [-0.1, -0.05) is 48.6 Å². The summed E-state index contributed by atoms with van der Waals surface area (Å²) in [5, 5.41) is 4.26. The molecule has 18 heavy (non-hydrogen) atoms. The Morgan fingerprint density at radius 2 is 1.94 bits per heavy atom. The number of thiophene rings is 1. The summed E-state index contributed by atoms with van der Waals surface area (Å²) in [6.07, 6.45) is 10.9. The highest BCUT2D eigenvalue weighted by Crippen LogP contribution is 2.25. The van der Waals surface area contributed by atoms with Gasteiger partial charge in [-0.15, -0.1) is 0 Å². The van der Waals surface area contributed by atoms with Gasteiger partial charge in [-0.05, 0) is 51.6 Å². The van der Waals surface area contributed by atoms with Gasteiger partial charge in [0.1, 0.15) is 0 Å². The molecule has 0 saturated heterocycles. The fraction of sp³-hybridized carbons (Fsp3) is 0.0588. The van der Waals surface area contributed by atoms with E-state index in [1.54, 1.807) is 11.3 Å². The van der Waals surface area contributed by atoms with E-state index >= 15 is 0 Å². The SMILES string of the molecule is [C]1=C(c2ccsc2)C=CC1=CCc1ccccc1. The second-order valence-electron chi connectivity index (χ2n) is 4.23. The molecule has 0 spiro atoms. The van der Waals surface area contributed by atoms with Crippen molar-refractivity contribution >= 4 is 16.9 Å². The third-order valence-electron chi connectivity index (χ3n) is 2.94. The maximum atomic E-state index is 3.44. The molecule has 0 N–H and O–H groups in total. The molecule has 1 heteroatoms. The van der Waals surface area contributed by atoms with Gasteiger partial charge in [0.2, 0.25) is 0 Å². The van der Waals surface area contributed by atoms with Gasteiger partial charge < -0.3 is 0 Å². The molecule has 0 saturated carbocycles. The number of hydrogen-bond donors (Lipinski definition) is 0. The topological polar surface area (TPSA) is 0 Å². The van der Waals surface area contributed by atoms with Crippen molar-refractivity contribution in [1.82, 2.24) is 0 Å². The summed E-state index contributed by atoms with van der Waals surface area (Å²) in [7, 11) is 0. The van der Waals surface area contributed by atoms with Crippen LogP contribution >= 0.6 is 11.3 Å². The summed E-state index contributed by atoms with van der Waals surface area (Å²) in [5.41, 5.74) is 4.97. The first-order valence-corrected chi connectivity index (χ1v) is 6.95. The highest BCUT2D eigenvalue weighted by Gasteiger charge is 2.05. The van der Waals surface area contributed by atoms with Crippen molar-refractivity contribution in [1.29, 1.82) is 0 Å². The Kier molecular flexibility index (Phi) is 3.24. The van der Waals surface area contributed by atoms with E-state index in [1.165, 1.54) is 22.3 Å². The minimum absolute atomic E-state index is 0.963. The lowest BCUT2D eigenvalue weighted by Gasteiger charge is -1.95. The van der Waals surface area contributed by atoms with Crippen molar-refractivity contribution in [2.75, 3.05) is 0 Å². The van der Waals surface area contributed by atoms with E-state index in [0.29, 0.717) is 0 Å². The Morgan fingerprint density at radius 1 is 1.06 bits per heavy atom. The minimum Gasteiger partial charge on any atom is -0.152 e. The predicted octanol–water partition coefficient (Wildman–Crippen LogP) is 4.67. The number of benzene rings is 1. The second kappa shape index (κ2) is 5.19. The zero-order valence-corrected chi connectivity index (χ0v) is 10.8. The zero-order chi connectivity index (χ0) is 12.2. The maximum absolute atomic E-state index is 3.44. The van der Waals surface area contributed by atoms with E-state index < -0.39 is 0 Å². The Hall–Kier alpha value is -1.86. The average Bonchev–Trinajstić information content (AvgIpc) is 3.08. The van der Waals surface area contributed by atoms with Gasteiger partial charge in [0.25, 0.3) is 0 Å². The van der Waals surface area contributed by atoms with Crippen molar-refractivity contribution in [2.24, 2.45) is 0 Å². The smallest absolute Gasteiger partial charge is 0.00145 e. The predicted molar refractivity (Wildman–Crippen MR) is 78.3 cm³/mol. The molecular weight excluding hydrogens is 236 g/mol. The molecule has 0 fully saturated rings. The summed E-state index contributed by atoms with van der Waals surface area (Å²) in [4.78, 5) is 0. The molecule has 0 nitrogen and oxygen atoms in total. The summed E-state index contributed by atoms with van der Waals surface area (Å²) in [6.45, 7) is 0. The minimum atomic E-state index is 0.963. The van der Waals surface area contributed by atoms with Gasteiger partial charge in [-0.2, -0.15) is 11.3 Å². The Balaban J connectivity index is 1.74. The zero-order valence-electron chi connectivity index (χ0n) is 9.97. The highest BCUT2D eigenvalue weighted by molar-refractivity contribution is 7.08. The van der Waals surface area contributed by atoms with Gasteiger partial charge in [-0.25, -0.2) is 0 Å². The van der Waals surface area contributed by atoms with Crippen molar-refractivity contribution in [3.63, 3.8) is 0 Å². The van der Waals surface area contributed by atoms with Crippen molar-refractivity contribution in [2.45, 2.75) is 6.42 Å². The third kappa shape index (κ3) is 2.52. The largest absolute Gasteiger partial charge is 0.152 e. The lowest BCUT2D eigenvalue weighted by molar-refractivity contribution is 1.26. The Bertz CT molecular complexity index is 598. The standard InChI is InChI=1S/C17H13S/c1-2-4-14(5-3-1)6-7-15-8-9-16(12-15)17-10-11-18-13-17/h1-5,7-11,13H,6H2. The first-order valence-electron chi connectivity index (χ1n) is 6.00. The molecule has 87 valence electrons. The van der Waals surface area contributed by atoms with Crippen LogP contribution in [0.4, 0.5) is 0 Å². The van der Waals surface area contributed by atoms with Crippen LogP contribution in [0.3, 0.4) is 0 Å². The number of rotatable bonds is 3. The van der Waals surface area contributed by atoms with Crippen molar-refractivity contribution in [3.8, 4) is 0 Å². The molecule has 0 aliphatic heterocycles. The van der Waals surface area contributed by atoms with Crippen LogP contribution in [-0.4, -0.2) is 0 Å². The number of hydrogen-bond acceptors (Lipinski definition) is 1. The van der Waals surface area contributed by atoms with Gasteiger partial charge in [-0.3, -0.25) is 0 Å². The van der Waals surface area contributed by atoms with Gasteiger partial charge in [0.05, 0.1) is 0 Å². The molecule has 1 aromatic heterocycles. The fourth-order valence-electron chi connectivity index (χ4n) is 1.96. The fourth-order valence-corrected chi connectivity index (χ4v) is 2.61. The lowest BCUT2D eigenvalue weighted by atomic mass is 10.1. The lowest BCUT2D eigenvalue weighted by Crippen LogP contribution is -1.80. The summed E-state index contributed by atoms with van der Waals surface area (Å²) in [6, 6.07) is 12.6. The molecule has 3 rings (SSSR count). The molecule has 1 aliphatic rings. The summed E-state index contributed by atoms with van der Waals surface area (Å²) < 4.78 is 0. The van der Waals surface area contributed by atoms with Gasteiger partial charge >= 0.3 is 0 Å². The molecule has 0 unspecified atom stereocenters. The van der Waals surface area contributed by atoms with Gasteiger partial charge in [0.15, 0.2) is 0 Å². The molecule has 1 aromatic carbocycles. The maximum Gasteiger partial charge on any atom is -0.00145 e. The normalized spacial score (nSPS) is 16.2. The van der Waals surface area contributed by atoms with E-state index in [2.05, 4.69) is 65.4 Å². The van der Waals surface area contributed by atoms with Crippen LogP contribution in [0.15, 0.2) is 71.0 Å². The van der Waals surface area contributed by atoms with Crippen molar-refractivity contribution in [3.05, 3.63) is 88.2 Å². The summed E-state index contributed by atoms with van der Waals surface area (Å²) in [5.74, 6) is 0. The molecule has 1 radical (unpaired) electrons. The third-order valence-corrected chi connectivity index (χ3v) is 3.62. The highest BCUT2D eigenvalue weighted by atomic mass is 32.1. The van der Waals surface area contributed by atoms with Crippen LogP contribution in [0, 0.1) is 6.08 Å². The van der Waals surface area contributed by atoms with Gasteiger partial charge in [0, 0.05) is 0 Å². The first-order chi connectivity index (χ1) is 8.92. The monoisotopic (exact) mass is 249 g/mol. The first kappa shape index (κ1) is 11.2. The van der Waals surface area contributed by atoms with E-state index in [1.807, 2.05) is 6.07 Å². The van der Waals surface area contributed by atoms with Crippen LogP contribution in [0.25, 0.3) is 5.57 Å². The molecule has 1 heterocycles. The summed E-state index contributed by atoms with van der Waals surface area (Å²) >= 11 is 1.72. The van der Waals surface area contributed by atoms with Crippen molar-refractivity contribution < 1.29 is 0 Å². The average molecular weight is 249 g/mol. The molecule has 0 atom stereocenters. The van der Waals surface area contributed by atoms with Crippen LogP contribution in [0.5, 0.6) is 0 Å². The molecule has 0 bridgehead atoms. The number of allylic oxidation sites excluding steroid dienone is 6. The molecule has 2 aromatic rings. The van der Waals surface area contributed by atoms with Crippen LogP contribution in [0.2, 0.25) is 0 Å². The molecular formula is C17H13S. The quantitative estimate of drug-likeness (QED) is 0.741. The van der Waals surface area contributed by atoms with E-state index in [9.17, 15) is 0 Å². The van der Waals surface area contributed by atoms with Crippen LogP contribution in [-0.2, 0) is 6.42 Å². The second-order valence-corrected chi connectivity index (χ2v) is 5.01. The molecule has 0 amide bonds.